The lowest BCUT2D eigenvalue weighted by Crippen LogP contribution is -2.32. The zero-order valence-corrected chi connectivity index (χ0v) is 11.3. The number of halogens is 2. The van der Waals surface area contributed by atoms with E-state index in [2.05, 4.69) is 13.8 Å². The number of unbranched alkanes of at least 4 members (excludes halogenated alkanes) is 1. The van der Waals surface area contributed by atoms with Crippen molar-refractivity contribution in [2.24, 2.45) is 11.1 Å². The maximum atomic E-state index is 13.2. The lowest BCUT2D eigenvalue weighted by molar-refractivity contribution is 0.250. The van der Waals surface area contributed by atoms with Gasteiger partial charge in [-0.05, 0) is 48.9 Å². The molecular weight excluding hydrogens is 232 g/mol. The fourth-order valence-electron chi connectivity index (χ4n) is 2.41. The molecule has 0 spiro atoms. The molecule has 1 aromatic carbocycles. The van der Waals surface area contributed by atoms with E-state index in [1.54, 1.807) is 0 Å². The van der Waals surface area contributed by atoms with Crippen LogP contribution in [-0.4, -0.2) is 6.54 Å². The zero-order valence-electron chi connectivity index (χ0n) is 11.3. The normalized spacial score (nSPS) is 14.5. The van der Waals surface area contributed by atoms with Crippen LogP contribution in [0.25, 0.3) is 0 Å². The van der Waals surface area contributed by atoms with Crippen molar-refractivity contribution in [2.45, 2.75) is 46.0 Å². The summed E-state index contributed by atoms with van der Waals surface area (Å²) in [5, 5.41) is 0. The first-order valence-electron chi connectivity index (χ1n) is 6.70. The van der Waals surface area contributed by atoms with Crippen LogP contribution in [0.4, 0.5) is 8.78 Å². The Balaban J connectivity index is 2.88. The van der Waals surface area contributed by atoms with Crippen molar-refractivity contribution in [1.29, 1.82) is 0 Å². The first-order chi connectivity index (χ1) is 8.55. The van der Waals surface area contributed by atoms with E-state index < -0.39 is 11.6 Å². The number of benzene rings is 1. The number of rotatable bonds is 7. The molecule has 0 aromatic heterocycles. The van der Waals surface area contributed by atoms with Crippen molar-refractivity contribution < 1.29 is 8.78 Å². The molecule has 1 rings (SSSR count). The Bertz CT molecular complexity index is 353. The van der Waals surface area contributed by atoms with Gasteiger partial charge < -0.3 is 5.73 Å². The van der Waals surface area contributed by atoms with E-state index in [0.717, 1.165) is 31.7 Å². The molecule has 0 aliphatic carbocycles. The smallest absolute Gasteiger partial charge is 0.126 e. The summed E-state index contributed by atoms with van der Waals surface area (Å²) in [6, 6.07) is 3.73. The van der Waals surface area contributed by atoms with Gasteiger partial charge in [0.2, 0.25) is 0 Å². The molecule has 0 saturated heterocycles. The molecule has 0 radical (unpaired) electrons. The van der Waals surface area contributed by atoms with Crippen molar-refractivity contribution in [1.82, 2.24) is 0 Å². The van der Waals surface area contributed by atoms with E-state index in [-0.39, 0.29) is 5.41 Å². The zero-order chi connectivity index (χ0) is 13.6. The molecule has 102 valence electrons. The molecule has 1 unspecified atom stereocenters. The first-order valence-corrected chi connectivity index (χ1v) is 6.70. The second-order valence-corrected chi connectivity index (χ2v) is 5.12. The molecule has 1 aromatic rings. The summed E-state index contributed by atoms with van der Waals surface area (Å²) in [6.07, 6.45) is 4.80. The summed E-state index contributed by atoms with van der Waals surface area (Å²) >= 11 is 0. The number of hydrogen-bond donors (Lipinski definition) is 1. The van der Waals surface area contributed by atoms with Gasteiger partial charge in [0.1, 0.15) is 11.6 Å². The third-order valence-corrected chi connectivity index (χ3v) is 3.75. The van der Waals surface area contributed by atoms with Gasteiger partial charge in [0, 0.05) is 6.07 Å². The van der Waals surface area contributed by atoms with Gasteiger partial charge in [0.05, 0.1) is 0 Å². The van der Waals surface area contributed by atoms with E-state index in [1.807, 2.05) is 0 Å². The largest absolute Gasteiger partial charge is 0.330 e. The quantitative estimate of drug-likeness (QED) is 0.781. The fraction of sp³-hybridized carbons (Fsp3) is 0.600. The van der Waals surface area contributed by atoms with Gasteiger partial charge in [-0.15, -0.1) is 0 Å². The maximum absolute atomic E-state index is 13.2. The van der Waals surface area contributed by atoms with Gasteiger partial charge in [0.25, 0.3) is 0 Å². The number of hydrogen-bond acceptors (Lipinski definition) is 1. The minimum absolute atomic E-state index is 0.0315. The summed E-state index contributed by atoms with van der Waals surface area (Å²) in [5.41, 5.74) is 6.57. The third kappa shape index (κ3) is 4.05. The van der Waals surface area contributed by atoms with E-state index in [9.17, 15) is 8.78 Å². The van der Waals surface area contributed by atoms with Gasteiger partial charge in [-0.1, -0.05) is 26.7 Å². The summed E-state index contributed by atoms with van der Waals surface area (Å²) in [5.74, 6) is -1.02. The van der Waals surface area contributed by atoms with Crippen LogP contribution in [0.3, 0.4) is 0 Å². The average molecular weight is 255 g/mol. The van der Waals surface area contributed by atoms with Crippen LogP contribution in [0.2, 0.25) is 0 Å². The summed E-state index contributed by atoms with van der Waals surface area (Å²) < 4.78 is 26.4. The van der Waals surface area contributed by atoms with E-state index in [4.69, 9.17) is 5.73 Å². The van der Waals surface area contributed by atoms with Gasteiger partial charge in [-0.25, -0.2) is 8.78 Å². The molecule has 0 aliphatic heterocycles. The van der Waals surface area contributed by atoms with Gasteiger partial charge in [0.15, 0.2) is 0 Å². The predicted molar refractivity (Wildman–Crippen MR) is 71.4 cm³/mol. The van der Waals surface area contributed by atoms with Crippen LogP contribution in [-0.2, 0) is 6.42 Å². The van der Waals surface area contributed by atoms with Crippen molar-refractivity contribution in [3.05, 3.63) is 35.4 Å². The lowest BCUT2D eigenvalue weighted by Gasteiger charge is -2.31. The van der Waals surface area contributed by atoms with Crippen LogP contribution in [0.5, 0.6) is 0 Å². The molecule has 3 heteroatoms. The Morgan fingerprint density at radius 3 is 2.17 bits per heavy atom. The second kappa shape index (κ2) is 6.83. The molecule has 0 heterocycles. The van der Waals surface area contributed by atoms with E-state index in [0.29, 0.717) is 18.5 Å². The monoisotopic (exact) mass is 255 g/mol. The third-order valence-electron chi connectivity index (χ3n) is 3.75. The van der Waals surface area contributed by atoms with Crippen LogP contribution in [0, 0.1) is 17.0 Å². The van der Waals surface area contributed by atoms with Crippen LogP contribution >= 0.6 is 0 Å². The van der Waals surface area contributed by atoms with Crippen molar-refractivity contribution in [2.75, 3.05) is 6.54 Å². The van der Waals surface area contributed by atoms with E-state index >= 15 is 0 Å². The SMILES string of the molecule is CCCCC(CC)(CN)Cc1cc(F)cc(F)c1. The van der Waals surface area contributed by atoms with Crippen LogP contribution < -0.4 is 5.73 Å². The maximum Gasteiger partial charge on any atom is 0.126 e. The van der Waals surface area contributed by atoms with Crippen molar-refractivity contribution in [3.63, 3.8) is 0 Å². The highest BCUT2D eigenvalue weighted by Gasteiger charge is 2.26. The molecule has 1 atom stereocenters. The topological polar surface area (TPSA) is 26.0 Å². The molecule has 0 aliphatic rings. The highest BCUT2D eigenvalue weighted by Crippen LogP contribution is 2.32. The van der Waals surface area contributed by atoms with Crippen molar-refractivity contribution in [3.8, 4) is 0 Å². The Morgan fingerprint density at radius 1 is 1.11 bits per heavy atom. The molecule has 0 bridgehead atoms. The van der Waals surface area contributed by atoms with Crippen molar-refractivity contribution >= 4 is 0 Å². The van der Waals surface area contributed by atoms with Gasteiger partial charge >= 0.3 is 0 Å². The molecule has 0 amide bonds. The standard InChI is InChI=1S/C15H23F2N/c1-3-5-6-15(4-2,11-18)10-12-7-13(16)9-14(17)8-12/h7-9H,3-6,10-11,18H2,1-2H3. The minimum atomic E-state index is -0.512. The summed E-state index contributed by atoms with van der Waals surface area (Å²) in [6.45, 7) is 4.79. The summed E-state index contributed by atoms with van der Waals surface area (Å²) in [4.78, 5) is 0. The Kier molecular flexibility index (Phi) is 5.73. The molecule has 0 fully saturated rings. The molecule has 1 nitrogen and oxygen atoms in total. The Morgan fingerprint density at radius 2 is 1.72 bits per heavy atom. The predicted octanol–water partition coefficient (Wildman–Crippen LogP) is 4.05. The minimum Gasteiger partial charge on any atom is -0.330 e. The van der Waals surface area contributed by atoms with Gasteiger partial charge in [-0.3, -0.25) is 0 Å². The molecule has 2 N–H and O–H groups in total. The molecular formula is C15H23F2N. The molecule has 0 saturated carbocycles. The van der Waals surface area contributed by atoms with Gasteiger partial charge in [-0.2, -0.15) is 0 Å². The fourth-order valence-corrected chi connectivity index (χ4v) is 2.41. The van der Waals surface area contributed by atoms with E-state index in [1.165, 1.54) is 12.1 Å². The molecule has 18 heavy (non-hydrogen) atoms. The highest BCUT2D eigenvalue weighted by molar-refractivity contribution is 5.19. The summed E-state index contributed by atoms with van der Waals surface area (Å²) in [7, 11) is 0. The van der Waals surface area contributed by atoms with Crippen LogP contribution in [0.15, 0.2) is 18.2 Å². The average Bonchev–Trinajstić information content (AvgIpc) is 2.33. The first kappa shape index (κ1) is 15.1. The highest BCUT2D eigenvalue weighted by atomic mass is 19.1. The number of nitrogens with two attached hydrogens (primary N) is 1. The Hall–Kier alpha value is -0.960. The van der Waals surface area contributed by atoms with Crippen LogP contribution in [0.1, 0.15) is 45.1 Å². The Labute approximate surface area is 108 Å². The second-order valence-electron chi connectivity index (χ2n) is 5.12. The lowest BCUT2D eigenvalue weighted by atomic mass is 9.75.